The van der Waals surface area contributed by atoms with Gasteiger partial charge in [0.05, 0.1) is 6.61 Å². The molecule has 0 aromatic rings. The molecule has 0 spiro atoms. The van der Waals surface area contributed by atoms with Crippen LogP contribution in [0.15, 0.2) is 0 Å². The van der Waals surface area contributed by atoms with Gasteiger partial charge in [-0.3, -0.25) is 0 Å². The first-order valence-electron chi connectivity index (χ1n) is 7.78. The number of unbranched alkanes of at least 4 members (excludes halogenated alkanes) is 1. The lowest BCUT2D eigenvalue weighted by Crippen LogP contribution is -2.56. The number of aliphatic hydroxyl groups excluding tert-OH is 1. The molecule has 2 N–H and O–H groups in total. The minimum absolute atomic E-state index is 0.0184. The topological polar surface area (TPSA) is 35.5 Å². The summed E-state index contributed by atoms with van der Waals surface area (Å²) in [6.45, 7) is 3.76. The van der Waals surface area contributed by atoms with Crippen LogP contribution in [0.4, 0.5) is 0 Å². The number of rotatable bonds is 7. The van der Waals surface area contributed by atoms with Crippen molar-refractivity contribution in [3.8, 4) is 0 Å². The molecule has 2 saturated carbocycles. The van der Waals surface area contributed by atoms with Crippen molar-refractivity contribution in [3.05, 3.63) is 0 Å². The predicted molar refractivity (Wildman–Crippen MR) is 75.8 cm³/mol. The molecule has 2 atom stereocenters. The van der Waals surface area contributed by atoms with Crippen molar-refractivity contribution in [2.75, 3.05) is 20.2 Å². The molecule has 0 saturated heterocycles. The van der Waals surface area contributed by atoms with Gasteiger partial charge in [-0.25, -0.2) is 0 Å². The number of nitrogens with one attached hydrogen (secondary N) is 1. The van der Waals surface area contributed by atoms with E-state index in [9.17, 15) is 5.11 Å². The molecule has 0 radical (unpaired) electrons. The summed E-state index contributed by atoms with van der Waals surface area (Å²) in [5.41, 5.74) is 0.0184. The van der Waals surface area contributed by atoms with Crippen LogP contribution in [-0.2, 0) is 0 Å². The van der Waals surface area contributed by atoms with Crippen LogP contribution >= 0.6 is 0 Å². The van der Waals surface area contributed by atoms with E-state index in [1.807, 2.05) is 0 Å². The Morgan fingerprint density at radius 3 is 2.72 bits per heavy atom. The van der Waals surface area contributed by atoms with Crippen molar-refractivity contribution >= 4 is 0 Å². The van der Waals surface area contributed by atoms with Gasteiger partial charge in [0, 0.05) is 17.6 Å². The largest absolute Gasteiger partial charge is 0.394 e. The summed E-state index contributed by atoms with van der Waals surface area (Å²) in [4.78, 5) is 2.52. The van der Waals surface area contributed by atoms with Gasteiger partial charge < -0.3 is 15.3 Å². The highest BCUT2D eigenvalue weighted by molar-refractivity contribution is 5.00. The van der Waals surface area contributed by atoms with Crippen molar-refractivity contribution in [2.24, 2.45) is 0 Å². The highest BCUT2D eigenvalue weighted by Gasteiger charge is 2.40. The Morgan fingerprint density at radius 2 is 2.11 bits per heavy atom. The van der Waals surface area contributed by atoms with Gasteiger partial charge in [0.15, 0.2) is 0 Å². The molecule has 3 nitrogen and oxygen atoms in total. The summed E-state index contributed by atoms with van der Waals surface area (Å²) in [6.07, 6.45) is 9.99. The summed E-state index contributed by atoms with van der Waals surface area (Å²) in [6, 6.07) is 1.35. The van der Waals surface area contributed by atoms with E-state index in [-0.39, 0.29) is 5.54 Å². The molecule has 0 heterocycles. The van der Waals surface area contributed by atoms with Crippen LogP contribution in [0.5, 0.6) is 0 Å². The van der Waals surface area contributed by atoms with E-state index in [4.69, 9.17) is 0 Å². The first kappa shape index (κ1) is 14.3. The lowest BCUT2D eigenvalue weighted by atomic mass is 9.78. The van der Waals surface area contributed by atoms with Crippen molar-refractivity contribution in [1.29, 1.82) is 0 Å². The molecule has 0 aromatic heterocycles. The molecule has 3 heteroatoms. The zero-order valence-electron chi connectivity index (χ0n) is 12.1. The summed E-state index contributed by atoms with van der Waals surface area (Å²) in [5, 5.41) is 13.5. The third-order valence-electron chi connectivity index (χ3n) is 4.70. The van der Waals surface area contributed by atoms with Gasteiger partial charge in [0.25, 0.3) is 0 Å². The first-order valence-corrected chi connectivity index (χ1v) is 7.78. The van der Waals surface area contributed by atoms with Crippen molar-refractivity contribution in [2.45, 2.75) is 75.9 Å². The van der Waals surface area contributed by atoms with Crippen LogP contribution in [0.25, 0.3) is 0 Å². The quantitative estimate of drug-likeness (QED) is 0.731. The van der Waals surface area contributed by atoms with Crippen LogP contribution in [0.1, 0.15) is 58.3 Å². The average Bonchev–Trinajstić information content (AvgIpc) is 3.20. The van der Waals surface area contributed by atoms with Crippen molar-refractivity contribution < 1.29 is 5.11 Å². The second-order valence-corrected chi connectivity index (χ2v) is 6.44. The number of hydrogen-bond acceptors (Lipinski definition) is 3. The molecule has 0 amide bonds. The van der Waals surface area contributed by atoms with E-state index in [2.05, 4.69) is 24.2 Å². The second kappa shape index (κ2) is 6.36. The Labute approximate surface area is 112 Å². The van der Waals surface area contributed by atoms with Crippen LogP contribution in [0.3, 0.4) is 0 Å². The van der Waals surface area contributed by atoms with Gasteiger partial charge in [-0.15, -0.1) is 0 Å². The third-order valence-corrected chi connectivity index (χ3v) is 4.70. The van der Waals surface area contributed by atoms with E-state index in [0.29, 0.717) is 18.7 Å². The van der Waals surface area contributed by atoms with Gasteiger partial charge in [-0.2, -0.15) is 0 Å². The van der Waals surface area contributed by atoms with Crippen LogP contribution in [0.2, 0.25) is 0 Å². The Kier molecular flexibility index (Phi) is 5.05. The van der Waals surface area contributed by atoms with Gasteiger partial charge in [-0.05, 0) is 58.5 Å². The minimum atomic E-state index is 0.0184. The van der Waals surface area contributed by atoms with E-state index in [1.165, 1.54) is 45.1 Å². The fourth-order valence-electron chi connectivity index (χ4n) is 3.28. The molecule has 2 aliphatic carbocycles. The minimum Gasteiger partial charge on any atom is -0.394 e. The lowest BCUT2D eigenvalue weighted by molar-refractivity contribution is 0.0677. The summed E-state index contributed by atoms with van der Waals surface area (Å²) >= 11 is 0. The molecular weight excluding hydrogens is 224 g/mol. The zero-order chi connectivity index (χ0) is 13.0. The summed E-state index contributed by atoms with van der Waals surface area (Å²) in [5.74, 6) is 0. The highest BCUT2D eigenvalue weighted by atomic mass is 16.3. The van der Waals surface area contributed by atoms with Gasteiger partial charge >= 0.3 is 0 Å². The maximum Gasteiger partial charge on any atom is 0.0613 e. The third kappa shape index (κ3) is 3.69. The van der Waals surface area contributed by atoms with Crippen molar-refractivity contribution in [1.82, 2.24) is 10.2 Å². The van der Waals surface area contributed by atoms with Crippen LogP contribution < -0.4 is 5.32 Å². The molecule has 0 bridgehead atoms. The van der Waals surface area contributed by atoms with Crippen LogP contribution in [0, 0.1) is 0 Å². The predicted octanol–water partition coefficient (Wildman–Crippen LogP) is 2.14. The van der Waals surface area contributed by atoms with E-state index < -0.39 is 0 Å². The molecule has 2 unspecified atom stereocenters. The molecule has 106 valence electrons. The molecule has 0 aliphatic heterocycles. The molecule has 18 heavy (non-hydrogen) atoms. The Hall–Kier alpha value is -0.120. The van der Waals surface area contributed by atoms with Gasteiger partial charge in [-0.1, -0.05) is 13.3 Å². The fraction of sp³-hybridized carbons (Fsp3) is 1.00. The summed E-state index contributed by atoms with van der Waals surface area (Å²) in [7, 11) is 2.25. The lowest BCUT2D eigenvalue weighted by Gasteiger charge is -2.43. The second-order valence-electron chi connectivity index (χ2n) is 6.44. The molecule has 0 aromatic carbocycles. The fourth-order valence-corrected chi connectivity index (χ4v) is 3.28. The SMILES string of the molecule is CCCCN(C)C1CCCC(CO)(NC2CC2)C1. The monoisotopic (exact) mass is 254 g/mol. The maximum absolute atomic E-state index is 9.81. The van der Waals surface area contributed by atoms with E-state index in [1.54, 1.807) is 0 Å². The standard InChI is InChI=1S/C15H30N2O/c1-3-4-10-17(2)14-6-5-9-15(11-14,12-18)16-13-7-8-13/h13-14,16,18H,3-12H2,1-2H3. The molecule has 2 fully saturated rings. The average molecular weight is 254 g/mol. The number of hydrogen-bond donors (Lipinski definition) is 2. The zero-order valence-corrected chi connectivity index (χ0v) is 12.1. The first-order chi connectivity index (χ1) is 8.69. The maximum atomic E-state index is 9.81. The van der Waals surface area contributed by atoms with Gasteiger partial charge in [0.1, 0.15) is 0 Å². The number of aliphatic hydroxyl groups is 1. The van der Waals surface area contributed by atoms with Crippen LogP contribution in [-0.4, -0.2) is 47.8 Å². The van der Waals surface area contributed by atoms with E-state index >= 15 is 0 Å². The van der Waals surface area contributed by atoms with E-state index in [0.717, 1.165) is 12.8 Å². The molecule has 2 rings (SSSR count). The van der Waals surface area contributed by atoms with Gasteiger partial charge in [0.2, 0.25) is 0 Å². The normalized spacial score (nSPS) is 33.0. The Morgan fingerprint density at radius 1 is 1.33 bits per heavy atom. The number of nitrogens with zero attached hydrogens (tertiary/aromatic N) is 1. The summed E-state index contributed by atoms with van der Waals surface area (Å²) < 4.78 is 0. The molecular formula is C15H30N2O. The molecule has 2 aliphatic rings. The Balaban J connectivity index is 1.88. The highest BCUT2D eigenvalue weighted by Crippen LogP contribution is 2.34. The Bertz CT molecular complexity index is 255. The van der Waals surface area contributed by atoms with Crippen molar-refractivity contribution in [3.63, 3.8) is 0 Å². The smallest absolute Gasteiger partial charge is 0.0613 e.